The van der Waals surface area contributed by atoms with Gasteiger partial charge in [0.1, 0.15) is 0 Å². The van der Waals surface area contributed by atoms with E-state index in [0.29, 0.717) is 79.3 Å². The molecule has 1 aromatic carbocycles. The van der Waals surface area contributed by atoms with Crippen LogP contribution < -0.4 is 16.0 Å². The molecule has 0 radical (unpaired) electrons. The first-order valence-electron chi connectivity index (χ1n) is 15.0. The van der Waals surface area contributed by atoms with Crippen LogP contribution in [0.5, 0.6) is 0 Å². The van der Waals surface area contributed by atoms with Gasteiger partial charge >= 0.3 is 0 Å². The van der Waals surface area contributed by atoms with E-state index in [2.05, 4.69) is 16.0 Å². The molecule has 0 atom stereocenters. The minimum absolute atomic E-state index is 0.157. The molecule has 3 N–H and O–H groups in total. The van der Waals surface area contributed by atoms with Crippen molar-refractivity contribution in [3.63, 3.8) is 0 Å². The molecule has 15 nitrogen and oxygen atoms in total. The van der Waals surface area contributed by atoms with Crippen molar-refractivity contribution in [2.75, 3.05) is 140 Å². The number of carbonyl (C=O) groups is 3. The fourth-order valence-electron chi connectivity index (χ4n) is 3.43. The summed E-state index contributed by atoms with van der Waals surface area (Å²) in [6.07, 6.45) is 0. The van der Waals surface area contributed by atoms with Crippen LogP contribution in [0.2, 0.25) is 0 Å². The first-order chi connectivity index (χ1) is 22.0. The maximum Gasteiger partial charge on any atom is 0.251 e. The van der Waals surface area contributed by atoms with Gasteiger partial charge in [0, 0.05) is 57.7 Å². The molecule has 0 fully saturated rings. The summed E-state index contributed by atoms with van der Waals surface area (Å²) in [7, 11) is 4.79. The van der Waals surface area contributed by atoms with E-state index in [4.69, 9.17) is 42.6 Å². The van der Waals surface area contributed by atoms with Crippen molar-refractivity contribution in [2.24, 2.45) is 0 Å². The Morgan fingerprint density at radius 3 is 0.867 bits per heavy atom. The normalized spacial score (nSPS) is 11.0. The molecule has 0 spiro atoms. The Kier molecular flexibility index (Phi) is 25.7. The van der Waals surface area contributed by atoms with Crippen molar-refractivity contribution in [3.8, 4) is 0 Å². The second-order valence-corrected chi connectivity index (χ2v) is 9.22. The van der Waals surface area contributed by atoms with E-state index >= 15 is 0 Å². The van der Waals surface area contributed by atoms with E-state index in [1.165, 1.54) is 18.2 Å². The number of carbonyl (C=O) groups excluding carboxylic acids is 3. The molecule has 0 bridgehead atoms. The minimum atomic E-state index is -0.452. The van der Waals surface area contributed by atoms with Gasteiger partial charge in [-0.15, -0.1) is 0 Å². The second-order valence-electron chi connectivity index (χ2n) is 9.22. The van der Waals surface area contributed by atoms with Gasteiger partial charge in [0.05, 0.1) is 99.1 Å². The molecule has 3 amide bonds. The number of rotatable bonds is 30. The van der Waals surface area contributed by atoms with Crippen molar-refractivity contribution in [3.05, 3.63) is 34.9 Å². The van der Waals surface area contributed by atoms with Gasteiger partial charge in [-0.05, 0) is 18.2 Å². The third kappa shape index (κ3) is 21.6. The van der Waals surface area contributed by atoms with Crippen LogP contribution in [0.4, 0.5) is 0 Å². The quantitative estimate of drug-likeness (QED) is 0.0953. The van der Waals surface area contributed by atoms with Crippen molar-refractivity contribution < 1.29 is 57.0 Å². The lowest BCUT2D eigenvalue weighted by Gasteiger charge is -2.12. The third-order valence-corrected chi connectivity index (χ3v) is 5.73. The zero-order valence-electron chi connectivity index (χ0n) is 26.9. The molecule has 0 aliphatic rings. The number of hydrogen-bond acceptors (Lipinski definition) is 12. The minimum Gasteiger partial charge on any atom is -0.382 e. The van der Waals surface area contributed by atoms with Crippen molar-refractivity contribution in [1.29, 1.82) is 0 Å². The molecule has 0 saturated heterocycles. The highest BCUT2D eigenvalue weighted by Gasteiger charge is 2.16. The molecule has 258 valence electrons. The van der Waals surface area contributed by atoms with Crippen LogP contribution in [-0.2, 0) is 42.6 Å². The van der Waals surface area contributed by atoms with Crippen LogP contribution in [0.15, 0.2) is 18.2 Å². The van der Waals surface area contributed by atoms with E-state index in [1.54, 1.807) is 21.3 Å². The smallest absolute Gasteiger partial charge is 0.251 e. The Morgan fingerprint density at radius 2 is 0.622 bits per heavy atom. The van der Waals surface area contributed by atoms with E-state index in [0.717, 1.165) is 0 Å². The molecule has 0 aliphatic heterocycles. The molecule has 0 aromatic heterocycles. The van der Waals surface area contributed by atoms with Gasteiger partial charge in [0.15, 0.2) is 0 Å². The van der Waals surface area contributed by atoms with Crippen LogP contribution in [0.3, 0.4) is 0 Å². The van der Waals surface area contributed by atoms with Gasteiger partial charge in [-0.2, -0.15) is 0 Å². The highest BCUT2D eigenvalue weighted by Crippen LogP contribution is 2.12. The van der Waals surface area contributed by atoms with Crippen LogP contribution in [0.1, 0.15) is 31.1 Å². The number of methoxy groups -OCH3 is 3. The zero-order valence-corrected chi connectivity index (χ0v) is 26.9. The summed E-state index contributed by atoms with van der Waals surface area (Å²) in [5.74, 6) is -1.35. The predicted octanol–water partition coefficient (Wildman–Crippen LogP) is -0.0852. The number of amides is 3. The van der Waals surface area contributed by atoms with Gasteiger partial charge in [-0.3, -0.25) is 14.4 Å². The molecule has 1 rings (SSSR count). The highest BCUT2D eigenvalue weighted by atomic mass is 16.6. The number of benzene rings is 1. The summed E-state index contributed by atoms with van der Waals surface area (Å²) in [5.41, 5.74) is 0.471. The van der Waals surface area contributed by atoms with Crippen LogP contribution in [0.25, 0.3) is 0 Å². The molecule has 15 heteroatoms. The number of hydrogen-bond donors (Lipinski definition) is 3. The molecule has 0 heterocycles. The lowest BCUT2D eigenvalue weighted by atomic mass is 10.0. The maximum absolute atomic E-state index is 12.9. The Balaban J connectivity index is 2.63. The second kappa shape index (κ2) is 28.7. The summed E-state index contributed by atoms with van der Waals surface area (Å²) in [4.78, 5) is 38.7. The Bertz CT molecular complexity index is 796. The van der Waals surface area contributed by atoms with Crippen LogP contribution in [0, 0.1) is 0 Å². The highest BCUT2D eigenvalue weighted by molar-refractivity contribution is 6.04. The van der Waals surface area contributed by atoms with Gasteiger partial charge < -0.3 is 58.6 Å². The summed E-state index contributed by atoms with van der Waals surface area (Å²) >= 11 is 0. The van der Waals surface area contributed by atoms with Crippen LogP contribution in [-0.4, -0.2) is 158 Å². The van der Waals surface area contributed by atoms with E-state index in [1.807, 2.05) is 0 Å². The zero-order chi connectivity index (χ0) is 32.8. The van der Waals surface area contributed by atoms with Gasteiger partial charge in [0.25, 0.3) is 17.7 Å². The molecule has 45 heavy (non-hydrogen) atoms. The van der Waals surface area contributed by atoms with Gasteiger partial charge in [-0.25, -0.2) is 0 Å². The summed E-state index contributed by atoms with van der Waals surface area (Å²) in [6, 6.07) is 4.30. The van der Waals surface area contributed by atoms with Crippen molar-refractivity contribution in [1.82, 2.24) is 16.0 Å². The number of ether oxygens (including phenoxy) is 9. The fourth-order valence-corrected chi connectivity index (χ4v) is 3.43. The van der Waals surface area contributed by atoms with Gasteiger partial charge in [0.2, 0.25) is 0 Å². The van der Waals surface area contributed by atoms with Gasteiger partial charge in [-0.1, -0.05) is 0 Å². The molecular formula is C30H51N3O12. The average molecular weight is 646 g/mol. The lowest BCUT2D eigenvalue weighted by Crippen LogP contribution is -2.31. The van der Waals surface area contributed by atoms with E-state index in [9.17, 15) is 14.4 Å². The molecule has 0 aliphatic carbocycles. The monoisotopic (exact) mass is 645 g/mol. The van der Waals surface area contributed by atoms with E-state index in [-0.39, 0.29) is 56.1 Å². The summed E-state index contributed by atoms with van der Waals surface area (Å²) < 4.78 is 47.1. The topological polar surface area (TPSA) is 170 Å². The fraction of sp³-hybridized carbons (Fsp3) is 0.700. The molecule has 1 aromatic rings. The van der Waals surface area contributed by atoms with Crippen molar-refractivity contribution >= 4 is 17.7 Å². The first kappa shape index (κ1) is 40.3. The maximum atomic E-state index is 12.9. The Hall–Kier alpha value is -2.73. The third-order valence-electron chi connectivity index (χ3n) is 5.73. The average Bonchev–Trinajstić information content (AvgIpc) is 3.05. The summed E-state index contributed by atoms with van der Waals surface area (Å²) in [5, 5.41) is 8.23. The molecular weight excluding hydrogens is 594 g/mol. The van der Waals surface area contributed by atoms with Crippen LogP contribution >= 0.6 is 0 Å². The van der Waals surface area contributed by atoms with Crippen molar-refractivity contribution in [2.45, 2.75) is 0 Å². The molecule has 0 unspecified atom stereocenters. The standard InChI is InChI=1S/C30H51N3O12/c1-37-10-13-43-19-16-40-7-4-31-28(34)25-22-26(29(35)32-5-8-41-17-20-44-14-11-38-2)24-27(23-25)30(36)33-6-9-42-18-21-45-15-12-39-3/h22-24H,4-21H2,1-3H3,(H,31,34)(H,32,35)(H,33,36). The number of nitrogens with one attached hydrogen (secondary N) is 3. The largest absolute Gasteiger partial charge is 0.382 e. The molecule has 0 saturated carbocycles. The lowest BCUT2D eigenvalue weighted by molar-refractivity contribution is 0.0255. The first-order valence-corrected chi connectivity index (χ1v) is 15.0. The van der Waals surface area contributed by atoms with E-state index < -0.39 is 17.7 Å². The Labute approximate surface area is 265 Å². The SMILES string of the molecule is COCCOCCOCCNC(=O)c1cc(C(=O)NCCOCCOCCOC)cc(C(=O)NCCOCCOCCOC)c1. The summed E-state index contributed by atoms with van der Waals surface area (Å²) in [6.45, 7) is 6.77. The predicted molar refractivity (Wildman–Crippen MR) is 164 cm³/mol. The Morgan fingerprint density at radius 1 is 0.400 bits per heavy atom.